The minimum absolute atomic E-state index is 0.0397. The third-order valence-corrected chi connectivity index (χ3v) is 5.00. The van der Waals surface area contributed by atoms with Crippen LogP contribution in [0.4, 0.5) is 15.6 Å². The minimum atomic E-state index is -0.222. The second-order valence-corrected chi connectivity index (χ2v) is 7.66. The highest BCUT2D eigenvalue weighted by atomic mass is 32.1. The highest BCUT2D eigenvalue weighted by molar-refractivity contribution is 7.15. The number of rotatable bonds is 5. The number of nitrogens with one attached hydrogen (secondary N) is 1. The van der Waals surface area contributed by atoms with Crippen LogP contribution in [0.2, 0.25) is 0 Å². The monoisotopic (exact) mass is 358 g/mol. The van der Waals surface area contributed by atoms with E-state index in [1.165, 1.54) is 16.9 Å². The van der Waals surface area contributed by atoms with Gasteiger partial charge in [0.1, 0.15) is 6.54 Å². The van der Waals surface area contributed by atoms with Crippen LogP contribution in [0.15, 0.2) is 30.5 Å². The Morgan fingerprint density at radius 1 is 1.28 bits per heavy atom. The SMILES string of the molecule is Cc1cnc(NC(=O)CN2CCN(c3ccc(C(C)C)cc3)C2=O)s1. The van der Waals surface area contributed by atoms with Crippen LogP contribution in [-0.2, 0) is 4.79 Å². The second kappa shape index (κ2) is 7.23. The third kappa shape index (κ3) is 3.99. The Bertz CT molecular complexity index is 770. The van der Waals surface area contributed by atoms with E-state index in [9.17, 15) is 9.59 Å². The van der Waals surface area contributed by atoms with E-state index < -0.39 is 0 Å². The van der Waals surface area contributed by atoms with Gasteiger partial charge in [-0.25, -0.2) is 9.78 Å². The van der Waals surface area contributed by atoms with Crippen molar-refractivity contribution >= 4 is 34.1 Å². The van der Waals surface area contributed by atoms with Gasteiger partial charge < -0.3 is 10.2 Å². The molecule has 0 atom stereocenters. The molecule has 1 saturated heterocycles. The van der Waals surface area contributed by atoms with Gasteiger partial charge in [0.05, 0.1) is 0 Å². The normalized spacial score (nSPS) is 14.5. The van der Waals surface area contributed by atoms with E-state index >= 15 is 0 Å². The lowest BCUT2D eigenvalue weighted by atomic mass is 10.0. The molecule has 0 radical (unpaired) electrons. The number of nitrogens with zero attached hydrogens (tertiary/aromatic N) is 3. The van der Waals surface area contributed by atoms with Gasteiger partial charge in [-0.05, 0) is 30.5 Å². The summed E-state index contributed by atoms with van der Waals surface area (Å²) in [6.45, 7) is 7.37. The summed E-state index contributed by atoms with van der Waals surface area (Å²) in [4.78, 5) is 33.1. The summed E-state index contributed by atoms with van der Waals surface area (Å²) in [7, 11) is 0. The highest BCUT2D eigenvalue weighted by Crippen LogP contribution is 2.23. The maximum Gasteiger partial charge on any atom is 0.325 e. The third-order valence-electron chi connectivity index (χ3n) is 4.17. The maximum absolute atomic E-state index is 12.6. The number of amides is 3. The van der Waals surface area contributed by atoms with E-state index in [0.29, 0.717) is 24.1 Å². The number of hydrogen-bond donors (Lipinski definition) is 1. The molecule has 3 amide bonds. The van der Waals surface area contributed by atoms with Crippen molar-refractivity contribution in [3.8, 4) is 0 Å². The fourth-order valence-electron chi connectivity index (χ4n) is 2.75. The number of urea groups is 1. The molecule has 6 nitrogen and oxygen atoms in total. The summed E-state index contributed by atoms with van der Waals surface area (Å²) < 4.78 is 0. The topological polar surface area (TPSA) is 65.5 Å². The first-order valence-electron chi connectivity index (χ1n) is 8.32. The molecule has 132 valence electrons. The second-order valence-electron chi connectivity index (χ2n) is 6.43. The lowest BCUT2D eigenvalue weighted by Gasteiger charge is -2.19. The number of hydrogen-bond acceptors (Lipinski definition) is 4. The number of carbonyl (C=O) groups excluding carboxylic acids is 2. The van der Waals surface area contributed by atoms with E-state index in [4.69, 9.17) is 0 Å². The van der Waals surface area contributed by atoms with Crippen LogP contribution in [0.5, 0.6) is 0 Å². The molecule has 0 bridgehead atoms. The minimum Gasteiger partial charge on any atom is -0.313 e. The molecule has 0 aliphatic carbocycles. The van der Waals surface area contributed by atoms with Crippen LogP contribution in [0.25, 0.3) is 0 Å². The molecule has 1 aliphatic rings. The van der Waals surface area contributed by atoms with Gasteiger partial charge in [-0.15, -0.1) is 11.3 Å². The summed E-state index contributed by atoms with van der Waals surface area (Å²) in [6.07, 6.45) is 1.71. The van der Waals surface area contributed by atoms with Crippen molar-refractivity contribution in [1.29, 1.82) is 0 Å². The van der Waals surface area contributed by atoms with Gasteiger partial charge in [0.15, 0.2) is 5.13 Å². The van der Waals surface area contributed by atoms with Crippen molar-refractivity contribution in [2.45, 2.75) is 26.7 Å². The lowest BCUT2D eigenvalue weighted by Crippen LogP contribution is -2.37. The Kier molecular flexibility index (Phi) is 5.03. The number of carbonyl (C=O) groups is 2. The summed E-state index contributed by atoms with van der Waals surface area (Å²) >= 11 is 1.42. The standard InChI is InChI=1S/C18H22N4O2S/c1-12(2)14-4-6-15(7-5-14)22-9-8-21(18(22)24)11-16(23)20-17-19-10-13(3)25-17/h4-7,10,12H,8-9,11H2,1-3H3,(H,19,20,23). The van der Waals surface area contributed by atoms with Crippen LogP contribution in [0, 0.1) is 6.92 Å². The Morgan fingerprint density at radius 2 is 2.00 bits per heavy atom. The van der Waals surface area contributed by atoms with Crippen molar-refractivity contribution < 1.29 is 9.59 Å². The quantitative estimate of drug-likeness (QED) is 0.890. The van der Waals surface area contributed by atoms with Crippen molar-refractivity contribution in [2.75, 3.05) is 29.9 Å². The molecule has 7 heteroatoms. The zero-order chi connectivity index (χ0) is 18.0. The molecule has 2 aromatic rings. The molecule has 25 heavy (non-hydrogen) atoms. The molecular formula is C18H22N4O2S. The number of anilines is 2. The van der Waals surface area contributed by atoms with Crippen LogP contribution in [0.1, 0.15) is 30.2 Å². The maximum atomic E-state index is 12.6. The van der Waals surface area contributed by atoms with Gasteiger partial charge in [0.2, 0.25) is 5.91 Å². The molecule has 0 unspecified atom stereocenters. The predicted molar refractivity (Wildman–Crippen MR) is 100 cm³/mol. The predicted octanol–water partition coefficient (Wildman–Crippen LogP) is 3.46. The fourth-order valence-corrected chi connectivity index (χ4v) is 3.43. The summed E-state index contributed by atoms with van der Waals surface area (Å²) in [5.74, 6) is 0.234. The smallest absolute Gasteiger partial charge is 0.313 e. The van der Waals surface area contributed by atoms with E-state index in [2.05, 4.69) is 24.1 Å². The first-order valence-corrected chi connectivity index (χ1v) is 9.14. The van der Waals surface area contributed by atoms with Crippen LogP contribution < -0.4 is 10.2 Å². The van der Waals surface area contributed by atoms with Crippen LogP contribution in [0.3, 0.4) is 0 Å². The van der Waals surface area contributed by atoms with Gasteiger partial charge in [-0.3, -0.25) is 9.69 Å². The van der Waals surface area contributed by atoms with Crippen molar-refractivity contribution in [3.63, 3.8) is 0 Å². The Labute approximate surface area is 151 Å². The Morgan fingerprint density at radius 3 is 2.60 bits per heavy atom. The largest absolute Gasteiger partial charge is 0.325 e. The number of aryl methyl sites for hydroxylation is 1. The van der Waals surface area contributed by atoms with Crippen molar-refractivity contribution in [2.24, 2.45) is 0 Å². The highest BCUT2D eigenvalue weighted by Gasteiger charge is 2.30. The molecule has 3 rings (SSSR count). The zero-order valence-corrected chi connectivity index (χ0v) is 15.5. The van der Waals surface area contributed by atoms with Crippen molar-refractivity contribution in [3.05, 3.63) is 40.9 Å². The number of thiazole rings is 1. The van der Waals surface area contributed by atoms with Crippen LogP contribution in [-0.4, -0.2) is 41.5 Å². The zero-order valence-electron chi connectivity index (χ0n) is 14.7. The van der Waals surface area contributed by atoms with E-state index in [1.807, 2.05) is 31.2 Å². The number of benzene rings is 1. The molecule has 1 fully saturated rings. The molecule has 1 aromatic heterocycles. The van der Waals surface area contributed by atoms with E-state index in [-0.39, 0.29) is 18.5 Å². The Balaban J connectivity index is 1.60. The molecule has 1 aliphatic heterocycles. The molecular weight excluding hydrogens is 336 g/mol. The average molecular weight is 358 g/mol. The van der Waals surface area contributed by atoms with Crippen molar-refractivity contribution in [1.82, 2.24) is 9.88 Å². The molecule has 1 aromatic carbocycles. The van der Waals surface area contributed by atoms with E-state index in [1.54, 1.807) is 16.0 Å². The first kappa shape index (κ1) is 17.4. The first-order chi connectivity index (χ1) is 11.9. The van der Waals surface area contributed by atoms with E-state index in [0.717, 1.165) is 10.6 Å². The summed E-state index contributed by atoms with van der Waals surface area (Å²) in [6, 6.07) is 7.90. The number of aromatic nitrogens is 1. The molecule has 0 spiro atoms. The van der Waals surface area contributed by atoms with Gasteiger partial charge in [-0.2, -0.15) is 0 Å². The molecule has 2 heterocycles. The molecule has 0 saturated carbocycles. The fraction of sp³-hybridized carbons (Fsp3) is 0.389. The lowest BCUT2D eigenvalue weighted by molar-refractivity contribution is -0.116. The Hall–Kier alpha value is -2.41. The van der Waals surface area contributed by atoms with Gasteiger partial charge in [0.25, 0.3) is 0 Å². The summed E-state index contributed by atoms with van der Waals surface area (Å²) in [5, 5.41) is 3.31. The summed E-state index contributed by atoms with van der Waals surface area (Å²) in [5.41, 5.74) is 2.11. The van der Waals surface area contributed by atoms with Gasteiger partial charge >= 0.3 is 6.03 Å². The van der Waals surface area contributed by atoms with Gasteiger partial charge in [0, 0.05) is 29.9 Å². The van der Waals surface area contributed by atoms with Crippen LogP contribution >= 0.6 is 11.3 Å². The van der Waals surface area contributed by atoms with Gasteiger partial charge in [-0.1, -0.05) is 26.0 Å². The molecule has 1 N–H and O–H groups in total. The average Bonchev–Trinajstić information content (AvgIpc) is 3.14.